The number of pyridine rings is 1. The molecule has 0 aliphatic heterocycles. The lowest BCUT2D eigenvalue weighted by atomic mass is 10.1. The summed E-state index contributed by atoms with van der Waals surface area (Å²) < 4.78 is 0. The summed E-state index contributed by atoms with van der Waals surface area (Å²) in [6.45, 7) is 5.25. The summed E-state index contributed by atoms with van der Waals surface area (Å²) in [7, 11) is 0. The van der Waals surface area contributed by atoms with E-state index in [2.05, 4.69) is 29.5 Å². The molecule has 4 heteroatoms. The molecule has 0 spiro atoms. The van der Waals surface area contributed by atoms with Gasteiger partial charge < -0.3 is 10.6 Å². The summed E-state index contributed by atoms with van der Waals surface area (Å²) >= 11 is 0. The van der Waals surface area contributed by atoms with Gasteiger partial charge >= 0.3 is 0 Å². The molecule has 2 N–H and O–H groups in total. The van der Waals surface area contributed by atoms with Crippen LogP contribution in [0.5, 0.6) is 0 Å². The molecule has 0 aliphatic rings. The highest BCUT2D eigenvalue weighted by Gasteiger charge is 2.07. The Morgan fingerprint density at radius 2 is 1.90 bits per heavy atom. The molecule has 0 fully saturated rings. The molecule has 1 aromatic carbocycles. The number of carbonyl (C=O) groups is 1. The quantitative estimate of drug-likeness (QED) is 0.848. The van der Waals surface area contributed by atoms with Crippen LogP contribution in [0.15, 0.2) is 48.8 Å². The van der Waals surface area contributed by atoms with Gasteiger partial charge in [0.2, 0.25) is 0 Å². The van der Waals surface area contributed by atoms with Crippen molar-refractivity contribution in [3.8, 4) is 0 Å². The van der Waals surface area contributed by atoms with Crippen LogP contribution >= 0.6 is 0 Å². The van der Waals surface area contributed by atoms with Crippen molar-refractivity contribution in [3.05, 3.63) is 54.4 Å². The summed E-state index contributed by atoms with van der Waals surface area (Å²) in [5.41, 5.74) is 2.20. The molecular weight excluding hydrogens is 262 g/mol. The molecule has 2 aromatic rings. The van der Waals surface area contributed by atoms with Crippen LogP contribution in [0.3, 0.4) is 0 Å². The van der Waals surface area contributed by atoms with E-state index in [1.54, 1.807) is 12.4 Å². The van der Waals surface area contributed by atoms with Gasteiger partial charge in [-0.25, -0.2) is 0 Å². The first-order valence-electron chi connectivity index (χ1n) is 7.20. The average Bonchev–Trinajstić information content (AvgIpc) is 2.48. The molecule has 0 saturated heterocycles. The van der Waals surface area contributed by atoms with Gasteiger partial charge in [0.25, 0.3) is 5.91 Å². The van der Waals surface area contributed by atoms with Gasteiger partial charge in [0.1, 0.15) is 0 Å². The van der Waals surface area contributed by atoms with Crippen LogP contribution in [-0.4, -0.2) is 17.4 Å². The molecule has 1 aromatic heterocycles. The summed E-state index contributed by atoms with van der Waals surface area (Å²) in [5, 5.41) is 6.15. The van der Waals surface area contributed by atoms with Crippen LogP contribution in [0.1, 0.15) is 30.6 Å². The molecule has 21 heavy (non-hydrogen) atoms. The first-order valence-corrected chi connectivity index (χ1v) is 7.20. The topological polar surface area (TPSA) is 54.0 Å². The fraction of sp³-hybridized carbons (Fsp3) is 0.294. The van der Waals surface area contributed by atoms with Crippen molar-refractivity contribution in [1.29, 1.82) is 0 Å². The monoisotopic (exact) mass is 283 g/mol. The molecule has 110 valence electrons. The zero-order valence-corrected chi connectivity index (χ0v) is 12.5. The molecule has 4 nitrogen and oxygen atoms in total. The Morgan fingerprint density at radius 3 is 2.62 bits per heavy atom. The third-order valence-corrected chi connectivity index (χ3v) is 3.08. The lowest BCUT2D eigenvalue weighted by Gasteiger charge is -2.09. The molecule has 0 radical (unpaired) electrons. The Balaban J connectivity index is 1.98. The SMILES string of the molecule is CC(C)CCNc1cncc(C(=O)Nc2ccccc2)c1. The summed E-state index contributed by atoms with van der Waals surface area (Å²) in [6.07, 6.45) is 4.39. The molecule has 0 atom stereocenters. The van der Waals surface area contributed by atoms with Gasteiger partial charge in [-0.2, -0.15) is 0 Å². The van der Waals surface area contributed by atoms with Gasteiger partial charge in [0, 0.05) is 24.6 Å². The zero-order valence-electron chi connectivity index (χ0n) is 12.5. The van der Waals surface area contributed by atoms with Crippen molar-refractivity contribution in [3.63, 3.8) is 0 Å². The highest BCUT2D eigenvalue weighted by Crippen LogP contribution is 2.12. The standard InChI is InChI=1S/C17H21N3O/c1-13(2)8-9-19-16-10-14(11-18-12-16)17(21)20-15-6-4-3-5-7-15/h3-7,10-13,19H,8-9H2,1-2H3,(H,20,21). The number of nitrogens with zero attached hydrogens (tertiary/aromatic N) is 1. The van der Waals surface area contributed by atoms with Crippen LogP contribution in [0.2, 0.25) is 0 Å². The highest BCUT2D eigenvalue weighted by atomic mass is 16.1. The number of carbonyl (C=O) groups excluding carboxylic acids is 1. The van der Waals surface area contributed by atoms with E-state index in [9.17, 15) is 4.79 Å². The Kier molecular flexibility index (Phi) is 5.32. The van der Waals surface area contributed by atoms with Crippen molar-refractivity contribution in [2.24, 2.45) is 5.92 Å². The smallest absolute Gasteiger partial charge is 0.257 e. The van der Waals surface area contributed by atoms with Gasteiger partial charge in [-0.15, -0.1) is 0 Å². The maximum absolute atomic E-state index is 12.2. The van der Waals surface area contributed by atoms with E-state index >= 15 is 0 Å². The van der Waals surface area contributed by atoms with E-state index in [1.165, 1.54) is 0 Å². The van der Waals surface area contributed by atoms with Crippen LogP contribution in [-0.2, 0) is 0 Å². The fourth-order valence-electron chi connectivity index (χ4n) is 1.89. The second-order valence-electron chi connectivity index (χ2n) is 5.39. The number of hydrogen-bond donors (Lipinski definition) is 2. The lowest BCUT2D eigenvalue weighted by Crippen LogP contribution is -2.13. The number of amides is 1. The molecule has 0 unspecified atom stereocenters. The van der Waals surface area contributed by atoms with Crippen LogP contribution in [0.4, 0.5) is 11.4 Å². The highest BCUT2D eigenvalue weighted by molar-refractivity contribution is 6.04. The number of nitrogens with one attached hydrogen (secondary N) is 2. The van der Waals surface area contributed by atoms with Gasteiger partial charge in [0.15, 0.2) is 0 Å². The normalized spacial score (nSPS) is 10.4. The number of anilines is 2. The second kappa shape index (κ2) is 7.43. The van der Waals surface area contributed by atoms with Gasteiger partial charge in [-0.3, -0.25) is 9.78 Å². The molecule has 2 rings (SSSR count). The maximum atomic E-state index is 12.2. The van der Waals surface area contributed by atoms with E-state index in [4.69, 9.17) is 0 Å². The largest absolute Gasteiger partial charge is 0.384 e. The first kappa shape index (κ1) is 15.0. The lowest BCUT2D eigenvalue weighted by molar-refractivity contribution is 0.102. The van der Waals surface area contributed by atoms with E-state index in [-0.39, 0.29) is 5.91 Å². The Morgan fingerprint density at radius 1 is 1.14 bits per heavy atom. The minimum absolute atomic E-state index is 0.152. The van der Waals surface area contributed by atoms with Crippen molar-refractivity contribution < 1.29 is 4.79 Å². The number of benzene rings is 1. The summed E-state index contributed by atoms with van der Waals surface area (Å²) in [4.78, 5) is 16.3. The summed E-state index contributed by atoms with van der Waals surface area (Å²) in [6, 6.07) is 11.2. The van der Waals surface area contributed by atoms with Crippen molar-refractivity contribution >= 4 is 17.3 Å². The predicted molar refractivity (Wildman–Crippen MR) is 86.6 cm³/mol. The Hall–Kier alpha value is -2.36. The Bertz CT molecular complexity index is 582. The fourth-order valence-corrected chi connectivity index (χ4v) is 1.89. The van der Waals surface area contributed by atoms with Gasteiger partial charge in [-0.1, -0.05) is 32.0 Å². The van der Waals surface area contributed by atoms with E-state index in [0.29, 0.717) is 11.5 Å². The molecule has 0 aliphatic carbocycles. The summed E-state index contributed by atoms with van der Waals surface area (Å²) in [5.74, 6) is 0.497. The van der Waals surface area contributed by atoms with Crippen molar-refractivity contribution in [2.75, 3.05) is 17.2 Å². The van der Waals surface area contributed by atoms with Crippen LogP contribution in [0.25, 0.3) is 0 Å². The molecular formula is C17H21N3O. The van der Waals surface area contributed by atoms with Gasteiger partial charge in [0.05, 0.1) is 11.3 Å². The number of rotatable bonds is 6. The second-order valence-corrected chi connectivity index (χ2v) is 5.39. The van der Waals surface area contributed by atoms with Crippen LogP contribution < -0.4 is 10.6 Å². The molecule has 0 bridgehead atoms. The average molecular weight is 283 g/mol. The third kappa shape index (κ3) is 4.91. The van der Waals surface area contributed by atoms with Crippen molar-refractivity contribution in [1.82, 2.24) is 4.98 Å². The molecule has 0 saturated carbocycles. The third-order valence-electron chi connectivity index (χ3n) is 3.08. The van der Waals surface area contributed by atoms with Crippen LogP contribution in [0, 0.1) is 5.92 Å². The first-order chi connectivity index (χ1) is 10.1. The zero-order chi connectivity index (χ0) is 15.1. The molecule has 1 heterocycles. The number of hydrogen-bond acceptors (Lipinski definition) is 3. The van der Waals surface area contributed by atoms with E-state index in [1.807, 2.05) is 36.4 Å². The van der Waals surface area contributed by atoms with E-state index in [0.717, 1.165) is 24.3 Å². The van der Waals surface area contributed by atoms with E-state index < -0.39 is 0 Å². The number of para-hydroxylation sites is 1. The Labute approximate surface area is 125 Å². The minimum atomic E-state index is -0.152. The maximum Gasteiger partial charge on any atom is 0.257 e. The van der Waals surface area contributed by atoms with Crippen molar-refractivity contribution in [2.45, 2.75) is 20.3 Å². The molecule has 1 amide bonds. The minimum Gasteiger partial charge on any atom is -0.384 e. The predicted octanol–water partition coefficient (Wildman–Crippen LogP) is 3.79. The number of aromatic nitrogens is 1. The van der Waals surface area contributed by atoms with Gasteiger partial charge in [-0.05, 0) is 30.5 Å².